The van der Waals surface area contributed by atoms with Gasteiger partial charge in [0, 0.05) is 19.4 Å². The zero-order valence-electron chi connectivity index (χ0n) is 9.60. The lowest BCUT2D eigenvalue weighted by atomic mass is 10.0. The Morgan fingerprint density at radius 2 is 2.06 bits per heavy atom. The van der Waals surface area contributed by atoms with E-state index in [-0.39, 0.29) is 11.8 Å². The average Bonchev–Trinajstić information content (AvgIpc) is 2.59. The van der Waals surface area contributed by atoms with Crippen molar-refractivity contribution in [2.45, 2.75) is 19.9 Å². The number of carboxylic acids is 1. The Hall–Kier alpha value is -1.78. The van der Waals surface area contributed by atoms with Crippen molar-refractivity contribution < 1.29 is 14.7 Å². The zero-order chi connectivity index (χ0) is 12.3. The highest BCUT2D eigenvalue weighted by Crippen LogP contribution is 2.05. The van der Waals surface area contributed by atoms with Gasteiger partial charge in [0.2, 0.25) is 0 Å². The van der Waals surface area contributed by atoms with Crippen molar-refractivity contribution in [3.05, 3.63) is 24.0 Å². The molecule has 16 heavy (non-hydrogen) atoms. The first-order chi connectivity index (χ1) is 7.41. The van der Waals surface area contributed by atoms with Crippen LogP contribution in [0.25, 0.3) is 0 Å². The molecule has 0 saturated carbocycles. The Kier molecular flexibility index (Phi) is 3.71. The maximum atomic E-state index is 11.7. The molecule has 0 bridgehead atoms. The van der Waals surface area contributed by atoms with Crippen molar-refractivity contribution in [2.75, 3.05) is 0 Å². The highest BCUT2D eigenvalue weighted by molar-refractivity contribution is 5.96. The van der Waals surface area contributed by atoms with Crippen LogP contribution in [0.1, 0.15) is 24.2 Å². The second-order valence-corrected chi connectivity index (χ2v) is 4.10. The molecule has 1 amide bonds. The second-order valence-electron chi connectivity index (χ2n) is 4.10. The van der Waals surface area contributed by atoms with Gasteiger partial charge >= 0.3 is 5.97 Å². The highest BCUT2D eigenvalue weighted by atomic mass is 16.4. The number of carbonyl (C=O) groups is 2. The molecule has 0 aromatic carbocycles. The Balaban J connectivity index is 2.73. The number of nitrogens with one attached hydrogen (secondary N) is 1. The third kappa shape index (κ3) is 2.85. The molecule has 2 N–H and O–H groups in total. The number of aryl methyl sites for hydroxylation is 1. The molecule has 5 nitrogen and oxygen atoms in total. The lowest BCUT2D eigenvalue weighted by Crippen LogP contribution is -2.44. The Morgan fingerprint density at radius 1 is 1.44 bits per heavy atom. The van der Waals surface area contributed by atoms with E-state index >= 15 is 0 Å². The highest BCUT2D eigenvalue weighted by Gasteiger charge is 2.23. The molecule has 1 heterocycles. The lowest BCUT2D eigenvalue weighted by molar-refractivity contribution is -0.140. The molecule has 0 radical (unpaired) electrons. The van der Waals surface area contributed by atoms with Crippen molar-refractivity contribution in [1.82, 2.24) is 9.88 Å². The Labute approximate surface area is 94.1 Å². The lowest BCUT2D eigenvalue weighted by Gasteiger charge is -2.17. The summed E-state index contributed by atoms with van der Waals surface area (Å²) in [6, 6.07) is 0.793. The standard InChI is InChI=1S/C11H16N2O3/c1-7(2)9(11(15)16)12-10(14)8-4-5-13(3)6-8/h4-7,9H,1-3H3,(H,12,14)(H,15,16)/t9-/m0/s1. The number of hydrogen-bond acceptors (Lipinski definition) is 2. The average molecular weight is 224 g/mol. The number of aliphatic carboxylic acids is 1. The Morgan fingerprint density at radius 3 is 2.44 bits per heavy atom. The van der Waals surface area contributed by atoms with Gasteiger partial charge in [0.25, 0.3) is 5.91 Å². The molecule has 0 aliphatic carbocycles. The minimum absolute atomic E-state index is 0.148. The van der Waals surface area contributed by atoms with Gasteiger partial charge in [-0.1, -0.05) is 13.8 Å². The molecule has 1 rings (SSSR count). The first-order valence-corrected chi connectivity index (χ1v) is 5.07. The van der Waals surface area contributed by atoms with Crippen LogP contribution in [0.15, 0.2) is 18.5 Å². The molecule has 0 spiro atoms. The second kappa shape index (κ2) is 4.83. The van der Waals surface area contributed by atoms with Gasteiger partial charge in [-0.2, -0.15) is 0 Å². The molecule has 1 atom stereocenters. The van der Waals surface area contributed by atoms with Crippen LogP contribution in [0.5, 0.6) is 0 Å². The van der Waals surface area contributed by atoms with E-state index in [9.17, 15) is 9.59 Å². The molecular weight excluding hydrogens is 208 g/mol. The zero-order valence-corrected chi connectivity index (χ0v) is 9.60. The van der Waals surface area contributed by atoms with E-state index in [0.29, 0.717) is 5.56 Å². The van der Waals surface area contributed by atoms with E-state index in [0.717, 1.165) is 0 Å². The first-order valence-electron chi connectivity index (χ1n) is 5.07. The first kappa shape index (κ1) is 12.3. The van der Waals surface area contributed by atoms with Crippen LogP contribution < -0.4 is 5.32 Å². The van der Waals surface area contributed by atoms with Gasteiger partial charge in [0.05, 0.1) is 5.56 Å². The quantitative estimate of drug-likeness (QED) is 0.797. The molecule has 1 aromatic heterocycles. The molecule has 0 aliphatic heterocycles. The maximum absolute atomic E-state index is 11.7. The summed E-state index contributed by atoms with van der Waals surface area (Å²) in [5.74, 6) is -1.52. The van der Waals surface area contributed by atoms with Crippen LogP contribution in [0.3, 0.4) is 0 Å². The topological polar surface area (TPSA) is 71.3 Å². The molecule has 0 saturated heterocycles. The van der Waals surface area contributed by atoms with Gasteiger partial charge < -0.3 is 15.0 Å². The van der Waals surface area contributed by atoms with Crippen molar-refractivity contribution in [3.63, 3.8) is 0 Å². The monoisotopic (exact) mass is 224 g/mol. The van der Waals surface area contributed by atoms with Crippen molar-refractivity contribution in [3.8, 4) is 0 Å². The molecule has 5 heteroatoms. The minimum atomic E-state index is -1.01. The number of rotatable bonds is 4. The Bertz CT molecular complexity index is 396. The number of carbonyl (C=O) groups excluding carboxylic acids is 1. The van der Waals surface area contributed by atoms with Gasteiger partial charge in [0.1, 0.15) is 6.04 Å². The maximum Gasteiger partial charge on any atom is 0.326 e. The molecule has 1 aromatic rings. The van der Waals surface area contributed by atoms with Gasteiger partial charge in [-0.25, -0.2) is 4.79 Å². The van der Waals surface area contributed by atoms with Gasteiger partial charge in [-0.05, 0) is 12.0 Å². The van der Waals surface area contributed by atoms with E-state index in [4.69, 9.17) is 5.11 Å². The van der Waals surface area contributed by atoms with E-state index in [1.165, 1.54) is 0 Å². The summed E-state index contributed by atoms with van der Waals surface area (Å²) in [7, 11) is 1.80. The van der Waals surface area contributed by atoms with E-state index < -0.39 is 12.0 Å². The van der Waals surface area contributed by atoms with Crippen LogP contribution >= 0.6 is 0 Å². The predicted molar refractivity (Wildman–Crippen MR) is 59.1 cm³/mol. The number of aromatic nitrogens is 1. The van der Waals surface area contributed by atoms with Crippen molar-refractivity contribution in [1.29, 1.82) is 0 Å². The van der Waals surface area contributed by atoms with Gasteiger partial charge in [0.15, 0.2) is 0 Å². The van der Waals surface area contributed by atoms with Crippen molar-refractivity contribution in [2.24, 2.45) is 13.0 Å². The van der Waals surface area contributed by atoms with Crippen LogP contribution in [-0.4, -0.2) is 27.6 Å². The summed E-state index contributed by atoms with van der Waals surface area (Å²) < 4.78 is 1.74. The molecule has 0 unspecified atom stereocenters. The number of hydrogen-bond donors (Lipinski definition) is 2. The minimum Gasteiger partial charge on any atom is -0.480 e. The summed E-state index contributed by atoms with van der Waals surface area (Å²) in [4.78, 5) is 22.6. The number of amides is 1. The number of nitrogens with zero attached hydrogens (tertiary/aromatic N) is 1. The largest absolute Gasteiger partial charge is 0.480 e. The van der Waals surface area contributed by atoms with Gasteiger partial charge in [-0.15, -0.1) is 0 Å². The van der Waals surface area contributed by atoms with E-state index in [2.05, 4.69) is 5.32 Å². The van der Waals surface area contributed by atoms with Crippen LogP contribution in [-0.2, 0) is 11.8 Å². The van der Waals surface area contributed by atoms with Crippen LogP contribution in [0.2, 0.25) is 0 Å². The fourth-order valence-electron chi connectivity index (χ4n) is 1.38. The SMILES string of the molecule is CC(C)[C@H](NC(=O)c1ccn(C)c1)C(=O)O. The summed E-state index contributed by atoms with van der Waals surface area (Å²) in [5.41, 5.74) is 0.467. The van der Waals surface area contributed by atoms with Crippen LogP contribution in [0, 0.1) is 5.92 Å². The van der Waals surface area contributed by atoms with E-state index in [1.807, 2.05) is 0 Å². The third-order valence-corrected chi connectivity index (χ3v) is 2.31. The number of carboxylic acid groups (broad SMARTS) is 1. The van der Waals surface area contributed by atoms with Gasteiger partial charge in [-0.3, -0.25) is 4.79 Å². The summed E-state index contributed by atoms with van der Waals surface area (Å²) in [6.45, 7) is 3.51. The molecular formula is C11H16N2O3. The van der Waals surface area contributed by atoms with Crippen molar-refractivity contribution >= 4 is 11.9 Å². The molecule has 0 fully saturated rings. The molecule has 0 aliphatic rings. The van der Waals surface area contributed by atoms with E-state index in [1.54, 1.807) is 43.9 Å². The third-order valence-electron chi connectivity index (χ3n) is 2.31. The fourth-order valence-corrected chi connectivity index (χ4v) is 1.38. The fraction of sp³-hybridized carbons (Fsp3) is 0.455. The normalized spacial score (nSPS) is 12.5. The van der Waals surface area contributed by atoms with Crippen LogP contribution in [0.4, 0.5) is 0 Å². The molecule has 88 valence electrons. The summed E-state index contributed by atoms with van der Waals surface area (Å²) in [5, 5.41) is 11.4. The summed E-state index contributed by atoms with van der Waals surface area (Å²) >= 11 is 0. The smallest absolute Gasteiger partial charge is 0.326 e. The summed E-state index contributed by atoms with van der Waals surface area (Å²) in [6.07, 6.45) is 3.38. The predicted octanol–water partition coefficient (Wildman–Crippen LogP) is 0.864.